The zero-order valence-electron chi connectivity index (χ0n) is 7.26. The summed E-state index contributed by atoms with van der Waals surface area (Å²) in [7, 11) is 0. The summed E-state index contributed by atoms with van der Waals surface area (Å²) >= 11 is 13.2. The molecule has 72 valence electrons. The number of benzene rings is 1. The van der Waals surface area contributed by atoms with Crippen molar-refractivity contribution in [2.24, 2.45) is 0 Å². The molecule has 1 saturated carbocycles. The summed E-state index contributed by atoms with van der Waals surface area (Å²) in [6.45, 7) is 0. The average molecular weight is 244 g/mol. The van der Waals surface area contributed by atoms with Gasteiger partial charge in [-0.25, -0.2) is 0 Å². The van der Waals surface area contributed by atoms with Gasteiger partial charge in [-0.2, -0.15) is 5.26 Å². The number of hydrogen-bond donors (Lipinski definition) is 0. The van der Waals surface area contributed by atoms with E-state index in [0.717, 1.165) is 17.7 Å². The standard InChI is InChI=1S/C10H7Cl2NS/c11-8-2-1-7(5-9(8)12)14-10(6-13)3-4-10/h1-2,5H,3-4H2. The Morgan fingerprint density at radius 1 is 1.29 bits per heavy atom. The lowest BCUT2D eigenvalue weighted by atomic mass is 10.4. The molecule has 1 aliphatic rings. The van der Waals surface area contributed by atoms with Gasteiger partial charge in [0.1, 0.15) is 4.75 Å². The van der Waals surface area contributed by atoms with Crippen molar-refractivity contribution >= 4 is 35.0 Å². The fraction of sp³-hybridized carbons (Fsp3) is 0.300. The van der Waals surface area contributed by atoms with Crippen molar-refractivity contribution in [2.45, 2.75) is 22.5 Å². The molecule has 14 heavy (non-hydrogen) atoms. The van der Waals surface area contributed by atoms with E-state index in [9.17, 15) is 0 Å². The van der Waals surface area contributed by atoms with Gasteiger partial charge in [-0.05, 0) is 31.0 Å². The van der Waals surface area contributed by atoms with Crippen LogP contribution in [0.25, 0.3) is 0 Å². The number of rotatable bonds is 2. The van der Waals surface area contributed by atoms with Crippen LogP contribution in [-0.4, -0.2) is 4.75 Å². The molecular weight excluding hydrogens is 237 g/mol. The second-order valence-corrected chi connectivity index (χ2v) is 5.56. The van der Waals surface area contributed by atoms with Crippen LogP contribution in [0.3, 0.4) is 0 Å². The van der Waals surface area contributed by atoms with Crippen LogP contribution in [-0.2, 0) is 0 Å². The van der Waals surface area contributed by atoms with E-state index in [-0.39, 0.29) is 4.75 Å². The van der Waals surface area contributed by atoms with E-state index >= 15 is 0 Å². The van der Waals surface area contributed by atoms with Gasteiger partial charge in [0.05, 0.1) is 16.1 Å². The predicted octanol–water partition coefficient (Wildman–Crippen LogP) is 4.14. The first-order valence-corrected chi connectivity index (χ1v) is 5.78. The third kappa shape index (κ3) is 2.00. The number of hydrogen-bond acceptors (Lipinski definition) is 2. The van der Waals surface area contributed by atoms with Gasteiger partial charge in [0, 0.05) is 4.90 Å². The van der Waals surface area contributed by atoms with Crippen LogP contribution in [0.4, 0.5) is 0 Å². The van der Waals surface area contributed by atoms with Gasteiger partial charge in [0.25, 0.3) is 0 Å². The Balaban J connectivity index is 2.19. The first kappa shape index (κ1) is 10.2. The third-order valence-corrected chi connectivity index (χ3v) is 4.23. The van der Waals surface area contributed by atoms with E-state index in [1.165, 1.54) is 0 Å². The zero-order chi connectivity index (χ0) is 10.2. The van der Waals surface area contributed by atoms with E-state index in [0.29, 0.717) is 10.0 Å². The molecule has 1 aliphatic carbocycles. The van der Waals surface area contributed by atoms with Crippen molar-refractivity contribution in [3.8, 4) is 6.07 Å². The lowest BCUT2D eigenvalue weighted by Crippen LogP contribution is -1.95. The molecule has 0 unspecified atom stereocenters. The van der Waals surface area contributed by atoms with Crippen LogP contribution in [0, 0.1) is 11.3 Å². The quantitative estimate of drug-likeness (QED) is 0.780. The Bertz CT molecular complexity index is 407. The van der Waals surface area contributed by atoms with Crippen LogP contribution in [0.15, 0.2) is 23.1 Å². The third-order valence-electron chi connectivity index (χ3n) is 2.11. The van der Waals surface area contributed by atoms with Crippen molar-refractivity contribution < 1.29 is 0 Å². The molecule has 0 radical (unpaired) electrons. The molecule has 0 atom stereocenters. The Kier molecular flexibility index (Phi) is 2.66. The molecule has 0 heterocycles. The van der Waals surface area contributed by atoms with Crippen LogP contribution in [0.1, 0.15) is 12.8 Å². The Hall–Kier alpha value is -0.360. The van der Waals surface area contributed by atoms with Gasteiger partial charge < -0.3 is 0 Å². The maximum atomic E-state index is 8.91. The number of nitriles is 1. The van der Waals surface area contributed by atoms with E-state index < -0.39 is 0 Å². The maximum absolute atomic E-state index is 8.91. The van der Waals surface area contributed by atoms with Gasteiger partial charge in [-0.1, -0.05) is 23.2 Å². The Labute approximate surface area is 97.0 Å². The van der Waals surface area contributed by atoms with Gasteiger partial charge in [-0.3, -0.25) is 0 Å². The molecule has 0 aromatic heterocycles. The van der Waals surface area contributed by atoms with E-state index in [4.69, 9.17) is 28.5 Å². The molecule has 1 fully saturated rings. The monoisotopic (exact) mass is 243 g/mol. The summed E-state index contributed by atoms with van der Waals surface area (Å²) in [5, 5.41) is 10.0. The molecule has 0 amide bonds. The summed E-state index contributed by atoms with van der Waals surface area (Å²) in [5.41, 5.74) is 0. The van der Waals surface area contributed by atoms with Gasteiger partial charge in [0.15, 0.2) is 0 Å². The SMILES string of the molecule is N#CC1(Sc2ccc(Cl)c(Cl)c2)CC1. The first-order valence-electron chi connectivity index (χ1n) is 4.20. The van der Waals surface area contributed by atoms with Crippen LogP contribution in [0.2, 0.25) is 10.0 Å². The van der Waals surface area contributed by atoms with Crippen LogP contribution < -0.4 is 0 Å². The fourth-order valence-electron chi connectivity index (χ4n) is 1.12. The fourth-order valence-corrected chi connectivity index (χ4v) is 2.59. The van der Waals surface area contributed by atoms with Crippen molar-refractivity contribution in [3.05, 3.63) is 28.2 Å². The van der Waals surface area contributed by atoms with Crippen molar-refractivity contribution in [2.75, 3.05) is 0 Å². The molecule has 0 aliphatic heterocycles. The van der Waals surface area contributed by atoms with Crippen molar-refractivity contribution in [3.63, 3.8) is 0 Å². The minimum absolute atomic E-state index is 0.197. The lowest BCUT2D eigenvalue weighted by Gasteiger charge is -2.05. The number of nitrogens with zero attached hydrogens (tertiary/aromatic N) is 1. The molecule has 1 aromatic rings. The molecule has 0 saturated heterocycles. The maximum Gasteiger partial charge on any atom is 0.107 e. The normalized spacial score (nSPS) is 17.5. The molecular formula is C10H7Cl2NS. The predicted molar refractivity (Wildman–Crippen MR) is 59.9 cm³/mol. The van der Waals surface area contributed by atoms with E-state index in [1.807, 2.05) is 12.1 Å². The second-order valence-electron chi connectivity index (χ2n) is 3.28. The number of thioether (sulfide) groups is 1. The smallest absolute Gasteiger partial charge is 0.107 e. The zero-order valence-corrected chi connectivity index (χ0v) is 9.59. The molecule has 0 spiro atoms. The Morgan fingerprint density at radius 2 is 2.00 bits per heavy atom. The van der Waals surface area contributed by atoms with Crippen molar-refractivity contribution in [1.82, 2.24) is 0 Å². The largest absolute Gasteiger partial charge is 0.197 e. The summed E-state index contributed by atoms with van der Waals surface area (Å²) < 4.78 is -0.197. The molecule has 0 N–H and O–H groups in total. The molecule has 0 bridgehead atoms. The van der Waals surface area contributed by atoms with Gasteiger partial charge in [0.2, 0.25) is 0 Å². The van der Waals surface area contributed by atoms with Crippen LogP contribution >= 0.6 is 35.0 Å². The summed E-state index contributed by atoms with van der Waals surface area (Å²) in [4.78, 5) is 1.01. The van der Waals surface area contributed by atoms with Crippen LogP contribution in [0.5, 0.6) is 0 Å². The minimum atomic E-state index is -0.197. The lowest BCUT2D eigenvalue weighted by molar-refractivity contribution is 1.19. The van der Waals surface area contributed by atoms with Gasteiger partial charge >= 0.3 is 0 Å². The summed E-state index contributed by atoms with van der Waals surface area (Å²) in [6, 6.07) is 7.80. The summed E-state index contributed by atoms with van der Waals surface area (Å²) in [5.74, 6) is 0. The van der Waals surface area contributed by atoms with Crippen molar-refractivity contribution in [1.29, 1.82) is 5.26 Å². The topological polar surface area (TPSA) is 23.8 Å². The highest BCUT2D eigenvalue weighted by molar-refractivity contribution is 8.01. The minimum Gasteiger partial charge on any atom is -0.197 e. The highest BCUT2D eigenvalue weighted by Gasteiger charge is 2.44. The molecule has 2 rings (SSSR count). The number of halogens is 2. The molecule has 1 nitrogen and oxygen atoms in total. The highest BCUT2D eigenvalue weighted by atomic mass is 35.5. The Morgan fingerprint density at radius 3 is 2.50 bits per heavy atom. The first-order chi connectivity index (χ1) is 6.65. The molecule has 4 heteroatoms. The van der Waals surface area contributed by atoms with E-state index in [2.05, 4.69) is 6.07 Å². The molecule has 1 aromatic carbocycles. The second kappa shape index (κ2) is 3.66. The average Bonchev–Trinajstić information content (AvgIpc) is 2.93. The summed E-state index contributed by atoms with van der Waals surface area (Å²) in [6.07, 6.45) is 1.93. The highest BCUT2D eigenvalue weighted by Crippen LogP contribution is 2.51. The van der Waals surface area contributed by atoms with E-state index in [1.54, 1.807) is 17.8 Å². The van der Waals surface area contributed by atoms with Gasteiger partial charge in [-0.15, -0.1) is 11.8 Å².